The van der Waals surface area contributed by atoms with Crippen LogP contribution < -0.4 is 0 Å². The third-order valence-electron chi connectivity index (χ3n) is 2.32. The van der Waals surface area contributed by atoms with E-state index in [2.05, 4.69) is 11.6 Å². The van der Waals surface area contributed by atoms with Crippen molar-refractivity contribution < 1.29 is 9.53 Å². The number of hydrogen-bond acceptors (Lipinski definition) is 3. The fourth-order valence-corrected chi connectivity index (χ4v) is 1.38. The number of esters is 1. The van der Waals surface area contributed by atoms with Gasteiger partial charge >= 0.3 is 5.97 Å². The Morgan fingerprint density at radius 3 is 2.76 bits per heavy atom. The molecule has 0 radical (unpaired) electrons. The Balaban J connectivity index is 2.68. The fraction of sp³-hybridized carbons (Fsp3) is 0.286. The molecule has 0 saturated heterocycles. The molecule has 1 aromatic rings. The van der Waals surface area contributed by atoms with Crippen LogP contribution in [0.25, 0.3) is 0 Å². The summed E-state index contributed by atoms with van der Waals surface area (Å²) in [6.07, 6.45) is 4.84. The van der Waals surface area contributed by atoms with Crippen LogP contribution in [0.5, 0.6) is 0 Å². The van der Waals surface area contributed by atoms with E-state index in [1.54, 1.807) is 12.3 Å². The topological polar surface area (TPSA) is 38.7 Å². The monoisotopic (exact) mass is 231 g/mol. The number of rotatable bonds is 6. The molecule has 1 atom stereocenters. The lowest BCUT2D eigenvalue weighted by atomic mass is 10.1. The Morgan fingerprint density at radius 2 is 2.18 bits per heavy atom. The average molecular weight is 231 g/mol. The van der Waals surface area contributed by atoms with Gasteiger partial charge in [0.25, 0.3) is 0 Å². The number of benzene rings is 1. The molecule has 0 aliphatic carbocycles. The first-order valence-electron chi connectivity index (χ1n) is 5.55. The van der Waals surface area contributed by atoms with Gasteiger partial charge in [-0.1, -0.05) is 36.4 Å². The standard InChI is InChI=1S/C14H17NO2/c1-3-4-10-13(14(16)17-2)15-11-12-8-6-5-7-9-12/h3,5-9,11,13H,1,4,10H2,2H3. The van der Waals surface area contributed by atoms with Crippen molar-refractivity contribution in [1.82, 2.24) is 0 Å². The molecule has 0 N–H and O–H groups in total. The zero-order chi connectivity index (χ0) is 12.5. The van der Waals surface area contributed by atoms with Gasteiger partial charge in [0.2, 0.25) is 0 Å². The molecule has 0 spiro atoms. The third kappa shape index (κ3) is 4.64. The molecule has 3 nitrogen and oxygen atoms in total. The van der Waals surface area contributed by atoms with Gasteiger partial charge in [-0.3, -0.25) is 4.99 Å². The van der Waals surface area contributed by atoms with Crippen LogP contribution in [-0.2, 0) is 9.53 Å². The highest BCUT2D eigenvalue weighted by molar-refractivity contribution is 5.83. The minimum absolute atomic E-state index is 0.306. The second-order valence-electron chi connectivity index (χ2n) is 3.59. The Labute approximate surface area is 102 Å². The number of allylic oxidation sites excluding steroid dienone is 1. The fourth-order valence-electron chi connectivity index (χ4n) is 1.38. The molecule has 1 unspecified atom stereocenters. The largest absolute Gasteiger partial charge is 0.467 e. The minimum atomic E-state index is -0.446. The summed E-state index contributed by atoms with van der Waals surface area (Å²) in [6, 6.07) is 9.22. The van der Waals surface area contributed by atoms with Crippen molar-refractivity contribution in [3.63, 3.8) is 0 Å². The number of carbonyl (C=O) groups is 1. The zero-order valence-corrected chi connectivity index (χ0v) is 10.0. The average Bonchev–Trinajstić information content (AvgIpc) is 2.39. The van der Waals surface area contributed by atoms with Crippen molar-refractivity contribution in [2.45, 2.75) is 18.9 Å². The number of hydrogen-bond donors (Lipinski definition) is 0. The smallest absolute Gasteiger partial charge is 0.330 e. The Morgan fingerprint density at radius 1 is 1.47 bits per heavy atom. The quantitative estimate of drug-likeness (QED) is 0.429. The van der Waals surface area contributed by atoms with Crippen molar-refractivity contribution in [2.24, 2.45) is 4.99 Å². The van der Waals surface area contributed by atoms with E-state index >= 15 is 0 Å². The molecule has 0 aliphatic heterocycles. The number of methoxy groups -OCH3 is 1. The molecule has 0 aliphatic rings. The summed E-state index contributed by atoms with van der Waals surface area (Å²) in [4.78, 5) is 15.7. The molecule has 0 heterocycles. The maximum atomic E-state index is 11.5. The summed E-state index contributed by atoms with van der Waals surface area (Å²) in [5.41, 5.74) is 0.972. The van der Waals surface area contributed by atoms with Crippen LogP contribution in [-0.4, -0.2) is 25.3 Å². The number of aliphatic imine (C=N–C) groups is 1. The maximum Gasteiger partial charge on any atom is 0.330 e. The van der Waals surface area contributed by atoms with Crippen molar-refractivity contribution in [3.8, 4) is 0 Å². The summed E-state index contributed by atoms with van der Waals surface area (Å²) in [7, 11) is 1.38. The van der Waals surface area contributed by atoms with Crippen molar-refractivity contribution in [3.05, 3.63) is 48.6 Å². The van der Waals surface area contributed by atoms with Gasteiger partial charge in [-0.15, -0.1) is 6.58 Å². The van der Waals surface area contributed by atoms with Gasteiger partial charge in [0.05, 0.1) is 7.11 Å². The first-order chi connectivity index (χ1) is 8.27. The molecule has 1 aromatic carbocycles. The van der Waals surface area contributed by atoms with Gasteiger partial charge in [0.15, 0.2) is 0 Å². The van der Waals surface area contributed by atoms with E-state index < -0.39 is 6.04 Å². The van der Waals surface area contributed by atoms with Crippen LogP contribution >= 0.6 is 0 Å². The summed E-state index contributed by atoms with van der Waals surface area (Å²) < 4.78 is 4.71. The van der Waals surface area contributed by atoms with Crippen LogP contribution in [0, 0.1) is 0 Å². The molecular formula is C14H17NO2. The second-order valence-corrected chi connectivity index (χ2v) is 3.59. The summed E-state index contributed by atoms with van der Waals surface area (Å²) >= 11 is 0. The SMILES string of the molecule is C=CCCC(N=Cc1ccccc1)C(=O)OC. The van der Waals surface area contributed by atoms with E-state index in [0.717, 1.165) is 12.0 Å². The molecule has 3 heteroatoms. The lowest BCUT2D eigenvalue weighted by Crippen LogP contribution is -2.20. The predicted molar refractivity (Wildman–Crippen MR) is 69.3 cm³/mol. The lowest BCUT2D eigenvalue weighted by molar-refractivity contribution is -0.142. The van der Waals surface area contributed by atoms with Gasteiger partial charge in [0, 0.05) is 6.21 Å². The van der Waals surface area contributed by atoms with Gasteiger partial charge in [-0.25, -0.2) is 4.79 Å². The Hall–Kier alpha value is -1.90. The second kappa shape index (κ2) is 7.39. The van der Waals surface area contributed by atoms with E-state index in [-0.39, 0.29) is 5.97 Å². The Kier molecular flexibility index (Phi) is 5.72. The molecule has 0 aromatic heterocycles. The minimum Gasteiger partial charge on any atom is -0.467 e. The van der Waals surface area contributed by atoms with Gasteiger partial charge in [-0.05, 0) is 18.4 Å². The van der Waals surface area contributed by atoms with Crippen molar-refractivity contribution >= 4 is 12.2 Å². The lowest BCUT2D eigenvalue weighted by Gasteiger charge is -2.08. The molecule has 0 fully saturated rings. The third-order valence-corrected chi connectivity index (χ3v) is 2.32. The highest BCUT2D eigenvalue weighted by atomic mass is 16.5. The van der Waals surface area contributed by atoms with E-state index in [0.29, 0.717) is 6.42 Å². The van der Waals surface area contributed by atoms with Crippen LogP contribution in [0.3, 0.4) is 0 Å². The molecule has 90 valence electrons. The number of nitrogens with zero attached hydrogens (tertiary/aromatic N) is 1. The molecule has 0 amide bonds. The normalized spacial score (nSPS) is 12.3. The first-order valence-corrected chi connectivity index (χ1v) is 5.55. The van der Waals surface area contributed by atoms with E-state index in [4.69, 9.17) is 4.74 Å². The first kappa shape index (κ1) is 13.2. The summed E-state index contributed by atoms with van der Waals surface area (Å²) in [6.45, 7) is 3.63. The summed E-state index contributed by atoms with van der Waals surface area (Å²) in [5.74, 6) is -0.306. The van der Waals surface area contributed by atoms with Gasteiger partial charge < -0.3 is 4.74 Å². The molecule has 17 heavy (non-hydrogen) atoms. The Bertz CT molecular complexity index is 384. The molecule has 1 rings (SSSR count). The zero-order valence-electron chi connectivity index (χ0n) is 10.0. The van der Waals surface area contributed by atoms with Crippen molar-refractivity contribution in [1.29, 1.82) is 0 Å². The molecular weight excluding hydrogens is 214 g/mol. The molecule has 0 bridgehead atoms. The van der Waals surface area contributed by atoms with Crippen molar-refractivity contribution in [2.75, 3.05) is 7.11 Å². The van der Waals surface area contributed by atoms with E-state index in [9.17, 15) is 4.79 Å². The van der Waals surface area contributed by atoms with Gasteiger partial charge in [0.1, 0.15) is 6.04 Å². The predicted octanol–water partition coefficient (Wildman–Crippen LogP) is 2.61. The highest BCUT2D eigenvalue weighted by Crippen LogP contribution is 2.05. The van der Waals surface area contributed by atoms with E-state index in [1.165, 1.54) is 7.11 Å². The molecule has 0 saturated carbocycles. The van der Waals surface area contributed by atoms with Crippen LogP contribution in [0.1, 0.15) is 18.4 Å². The van der Waals surface area contributed by atoms with Gasteiger partial charge in [-0.2, -0.15) is 0 Å². The summed E-state index contributed by atoms with van der Waals surface area (Å²) in [5, 5.41) is 0. The van der Waals surface area contributed by atoms with Crippen LogP contribution in [0.4, 0.5) is 0 Å². The highest BCUT2D eigenvalue weighted by Gasteiger charge is 2.15. The number of carbonyl (C=O) groups excluding carboxylic acids is 1. The number of ether oxygens (including phenoxy) is 1. The maximum absolute atomic E-state index is 11.5. The van der Waals surface area contributed by atoms with E-state index in [1.807, 2.05) is 30.3 Å². The van der Waals surface area contributed by atoms with Crippen LogP contribution in [0.2, 0.25) is 0 Å². The van der Waals surface area contributed by atoms with Crippen LogP contribution in [0.15, 0.2) is 48.0 Å².